The second kappa shape index (κ2) is 11.2. The molecule has 0 bridgehead atoms. The number of rotatable bonds is 9. The number of ether oxygens (including phenoxy) is 2. The molecule has 190 valence electrons. The average Bonchev–Trinajstić information content (AvgIpc) is 3.59. The Hall–Kier alpha value is -2.94. The Balaban J connectivity index is 1.57. The van der Waals surface area contributed by atoms with Crippen molar-refractivity contribution < 1.29 is 23.5 Å². The van der Waals surface area contributed by atoms with Crippen LogP contribution in [0.25, 0.3) is 5.69 Å². The summed E-state index contributed by atoms with van der Waals surface area (Å²) in [5, 5.41) is 7.51. The monoisotopic (exact) mass is 486 g/mol. The first-order valence-electron chi connectivity index (χ1n) is 12.5. The van der Waals surface area contributed by atoms with Gasteiger partial charge in [-0.3, -0.25) is 4.79 Å². The average molecular weight is 487 g/mol. The van der Waals surface area contributed by atoms with E-state index in [2.05, 4.69) is 10.1 Å². The number of halogens is 1. The molecule has 1 saturated carbocycles. The van der Waals surface area contributed by atoms with Crippen molar-refractivity contribution in [1.82, 2.24) is 20.0 Å². The highest BCUT2D eigenvalue weighted by Crippen LogP contribution is 2.36. The van der Waals surface area contributed by atoms with Crippen molar-refractivity contribution in [3.05, 3.63) is 47.5 Å². The number of nitrogens with one attached hydrogen (secondary N) is 1. The molecule has 1 aromatic carbocycles. The topological polar surface area (TPSA) is 85.7 Å². The highest BCUT2D eigenvalue weighted by atomic mass is 19.1. The number of nitrogens with zero attached hydrogens (tertiary/aromatic N) is 3. The van der Waals surface area contributed by atoms with E-state index in [1.807, 2.05) is 30.9 Å². The van der Waals surface area contributed by atoms with E-state index in [0.717, 1.165) is 43.5 Å². The summed E-state index contributed by atoms with van der Waals surface area (Å²) < 4.78 is 26.4. The van der Waals surface area contributed by atoms with Gasteiger partial charge in [0.2, 0.25) is 0 Å². The van der Waals surface area contributed by atoms with E-state index in [9.17, 15) is 14.0 Å². The third-order valence-corrected chi connectivity index (χ3v) is 6.71. The third kappa shape index (κ3) is 6.20. The first-order chi connectivity index (χ1) is 16.9. The molecule has 9 heteroatoms. The number of alkyl carbamates (subject to hydrolysis) is 1. The largest absolute Gasteiger partial charge is 0.453 e. The van der Waals surface area contributed by atoms with Crippen LogP contribution in [0, 0.1) is 5.82 Å². The van der Waals surface area contributed by atoms with Crippen molar-refractivity contribution >= 4 is 12.0 Å². The molecule has 35 heavy (non-hydrogen) atoms. The number of carbonyl (C=O) groups excluding carboxylic acids is 2. The lowest BCUT2D eigenvalue weighted by Crippen LogP contribution is -2.45. The predicted octanol–water partition coefficient (Wildman–Crippen LogP) is 4.31. The van der Waals surface area contributed by atoms with Crippen molar-refractivity contribution in [2.24, 2.45) is 0 Å². The summed E-state index contributed by atoms with van der Waals surface area (Å²) in [4.78, 5) is 26.8. The summed E-state index contributed by atoms with van der Waals surface area (Å²) in [6.45, 7) is 4.46. The normalized spacial score (nSPS) is 20.8. The maximum atomic E-state index is 14.0. The molecule has 8 nitrogen and oxygen atoms in total. The number of aryl methyl sites for hydroxylation is 1. The van der Waals surface area contributed by atoms with Gasteiger partial charge in [-0.05, 0) is 83.1 Å². The van der Waals surface area contributed by atoms with Crippen molar-refractivity contribution in [2.75, 3.05) is 13.7 Å². The fourth-order valence-corrected chi connectivity index (χ4v) is 4.72. The van der Waals surface area contributed by atoms with Gasteiger partial charge in [0.25, 0.3) is 5.91 Å². The number of hydrogen-bond acceptors (Lipinski definition) is 5. The zero-order valence-electron chi connectivity index (χ0n) is 20.7. The molecule has 2 aliphatic rings. The van der Waals surface area contributed by atoms with Gasteiger partial charge in [-0.1, -0.05) is 6.07 Å². The van der Waals surface area contributed by atoms with E-state index in [4.69, 9.17) is 9.84 Å². The van der Waals surface area contributed by atoms with E-state index in [-0.39, 0.29) is 29.9 Å². The number of carbonyl (C=O) groups is 2. The summed E-state index contributed by atoms with van der Waals surface area (Å²) in [6, 6.07) is 8.25. The Morgan fingerprint density at radius 2 is 2.09 bits per heavy atom. The summed E-state index contributed by atoms with van der Waals surface area (Å²) in [6.07, 6.45) is 5.15. The second-order valence-corrected chi connectivity index (χ2v) is 9.49. The third-order valence-electron chi connectivity index (χ3n) is 6.71. The summed E-state index contributed by atoms with van der Waals surface area (Å²) in [7, 11) is 1.33. The van der Waals surface area contributed by atoms with E-state index in [0.29, 0.717) is 25.1 Å². The molecule has 1 aliphatic carbocycles. The molecule has 2 fully saturated rings. The molecule has 1 aliphatic heterocycles. The maximum absolute atomic E-state index is 14.0. The number of hydrogen-bond donors (Lipinski definition) is 1. The van der Waals surface area contributed by atoms with Gasteiger partial charge in [0.05, 0.1) is 30.6 Å². The number of aromatic nitrogens is 2. The first-order valence-corrected chi connectivity index (χ1v) is 12.5. The molecule has 2 aromatic rings. The molecule has 3 atom stereocenters. The zero-order chi connectivity index (χ0) is 24.9. The molecule has 2 amide bonds. The lowest BCUT2D eigenvalue weighted by atomic mass is 10.0. The maximum Gasteiger partial charge on any atom is 0.406 e. The Bertz CT molecular complexity index is 1040. The number of amides is 2. The molecule has 1 aromatic heterocycles. The van der Waals surface area contributed by atoms with Crippen molar-refractivity contribution in [1.29, 1.82) is 0 Å². The Kier molecular flexibility index (Phi) is 8.05. The van der Waals surface area contributed by atoms with Crippen LogP contribution in [0.3, 0.4) is 0 Å². The highest BCUT2D eigenvalue weighted by Gasteiger charge is 2.41. The Labute approximate surface area is 205 Å². The molecular formula is C26H35FN4O4. The van der Waals surface area contributed by atoms with Crippen molar-refractivity contribution in [2.45, 2.75) is 83.1 Å². The Morgan fingerprint density at radius 1 is 1.29 bits per heavy atom. The lowest BCUT2D eigenvalue weighted by Gasteiger charge is -2.35. The quantitative estimate of drug-likeness (QED) is 0.534. The van der Waals surface area contributed by atoms with E-state index < -0.39 is 12.2 Å². The van der Waals surface area contributed by atoms with Crippen LogP contribution in [-0.2, 0) is 20.7 Å². The van der Waals surface area contributed by atoms with Crippen LogP contribution in [0.1, 0.15) is 69.8 Å². The van der Waals surface area contributed by atoms with Gasteiger partial charge < -0.3 is 19.7 Å². The molecule has 1 N–H and O–H groups in total. The predicted molar refractivity (Wildman–Crippen MR) is 129 cm³/mol. The minimum Gasteiger partial charge on any atom is -0.453 e. The van der Waals surface area contributed by atoms with Gasteiger partial charge in [-0.15, -0.1) is 0 Å². The van der Waals surface area contributed by atoms with Crippen LogP contribution < -0.4 is 5.32 Å². The van der Waals surface area contributed by atoms with E-state index in [1.165, 1.54) is 19.2 Å². The van der Waals surface area contributed by atoms with Gasteiger partial charge >= 0.3 is 6.09 Å². The van der Waals surface area contributed by atoms with Crippen LogP contribution in [0.5, 0.6) is 0 Å². The standard InChI is InChI=1S/C26H35FN4O4/c1-17-7-4-11-24(35-17)25(32)30(20-12-13-20)18(2)23-16-22(10-6-14-28-26(33)34-3)31(29-23)21-9-5-8-19(27)15-21/h5,8-9,15-18,20,24H,4,6-7,10-14H2,1-3H3,(H,28,33)/t17-,18-,24-/m1/s1. The van der Waals surface area contributed by atoms with Gasteiger partial charge in [-0.2, -0.15) is 5.10 Å². The molecule has 0 unspecified atom stereocenters. The molecule has 1 saturated heterocycles. The van der Waals surface area contributed by atoms with Gasteiger partial charge in [-0.25, -0.2) is 13.9 Å². The second-order valence-electron chi connectivity index (χ2n) is 9.49. The number of methoxy groups -OCH3 is 1. The van der Waals surface area contributed by atoms with Gasteiger partial charge in [0, 0.05) is 18.3 Å². The molecule has 4 rings (SSSR count). The van der Waals surface area contributed by atoms with Gasteiger partial charge in [0.15, 0.2) is 0 Å². The SMILES string of the molecule is COC(=O)NCCCc1cc([C@@H](C)N(C(=O)[C@H]2CCC[C@@H](C)O2)C2CC2)nn1-c1cccc(F)c1. The molecule has 2 heterocycles. The fourth-order valence-electron chi connectivity index (χ4n) is 4.72. The van der Waals surface area contributed by atoms with Crippen molar-refractivity contribution in [3.63, 3.8) is 0 Å². The summed E-state index contributed by atoms with van der Waals surface area (Å²) >= 11 is 0. The summed E-state index contributed by atoms with van der Waals surface area (Å²) in [5.74, 6) is -0.306. The van der Waals surface area contributed by atoms with Crippen LogP contribution in [-0.4, -0.2) is 58.6 Å². The van der Waals surface area contributed by atoms with Crippen LogP contribution >= 0.6 is 0 Å². The minimum absolute atomic E-state index is 0.0377. The Morgan fingerprint density at radius 3 is 2.77 bits per heavy atom. The molecule has 0 radical (unpaired) electrons. The van der Waals surface area contributed by atoms with Crippen LogP contribution in [0.4, 0.5) is 9.18 Å². The summed E-state index contributed by atoms with van der Waals surface area (Å²) in [5.41, 5.74) is 2.26. The fraction of sp³-hybridized carbons (Fsp3) is 0.577. The minimum atomic E-state index is -0.476. The van der Waals surface area contributed by atoms with E-state index in [1.54, 1.807) is 10.7 Å². The lowest BCUT2D eigenvalue weighted by molar-refractivity contribution is -0.154. The zero-order valence-corrected chi connectivity index (χ0v) is 20.7. The highest BCUT2D eigenvalue weighted by molar-refractivity contribution is 5.82. The van der Waals surface area contributed by atoms with Crippen LogP contribution in [0.2, 0.25) is 0 Å². The molecular weight excluding hydrogens is 451 g/mol. The van der Waals surface area contributed by atoms with Gasteiger partial charge in [0.1, 0.15) is 11.9 Å². The smallest absolute Gasteiger partial charge is 0.406 e. The van der Waals surface area contributed by atoms with Crippen LogP contribution in [0.15, 0.2) is 30.3 Å². The van der Waals surface area contributed by atoms with E-state index >= 15 is 0 Å². The van der Waals surface area contributed by atoms with Crippen molar-refractivity contribution in [3.8, 4) is 5.69 Å². The number of benzene rings is 1. The molecule has 0 spiro atoms. The first kappa shape index (κ1) is 25.2.